The molecule has 0 N–H and O–H groups in total. The van der Waals surface area contributed by atoms with Crippen LogP contribution in [0.25, 0.3) is 11.1 Å². The summed E-state index contributed by atoms with van der Waals surface area (Å²) >= 11 is 0. The first kappa shape index (κ1) is 17.2. The minimum Gasteiger partial charge on any atom is -0.352 e. The van der Waals surface area contributed by atoms with Crippen molar-refractivity contribution >= 4 is 5.82 Å². The summed E-state index contributed by atoms with van der Waals surface area (Å²) in [5, 5.41) is 13.6. The Labute approximate surface area is 159 Å². The quantitative estimate of drug-likeness (QED) is 0.703. The number of nitrogens with zero attached hydrogens (tertiary/aromatic N) is 6. The largest absolute Gasteiger partial charge is 0.352 e. The van der Waals surface area contributed by atoms with Crippen LogP contribution in [0.3, 0.4) is 0 Å². The van der Waals surface area contributed by atoms with Crippen LogP contribution in [0.15, 0.2) is 24.5 Å². The van der Waals surface area contributed by atoms with E-state index in [1.807, 2.05) is 37.8 Å². The molecule has 0 saturated carbocycles. The molecule has 0 bridgehead atoms. The van der Waals surface area contributed by atoms with Crippen LogP contribution in [0.2, 0.25) is 0 Å². The maximum atomic E-state index is 9.06. The molecule has 1 aliphatic rings. The number of hydrogen-bond acceptors (Lipinski definition) is 5. The highest BCUT2D eigenvalue weighted by Gasteiger charge is 2.22. The summed E-state index contributed by atoms with van der Waals surface area (Å²) in [6.07, 6.45) is 4.51. The van der Waals surface area contributed by atoms with Crippen molar-refractivity contribution in [3.8, 4) is 17.2 Å². The molecule has 0 unspecified atom stereocenters. The topological polar surface area (TPSA) is 70.6 Å². The van der Waals surface area contributed by atoms with Gasteiger partial charge in [0.1, 0.15) is 11.9 Å². The van der Waals surface area contributed by atoms with Crippen molar-refractivity contribution in [1.82, 2.24) is 19.7 Å². The molecule has 0 atom stereocenters. The maximum absolute atomic E-state index is 9.06. The van der Waals surface area contributed by atoms with Crippen molar-refractivity contribution in [2.75, 3.05) is 11.4 Å². The fourth-order valence-corrected chi connectivity index (χ4v) is 3.89. The molecule has 0 aromatic carbocycles. The van der Waals surface area contributed by atoms with Gasteiger partial charge >= 0.3 is 0 Å². The van der Waals surface area contributed by atoms with E-state index >= 15 is 0 Å². The number of hydrogen-bond donors (Lipinski definition) is 0. The first-order chi connectivity index (χ1) is 13.0. The molecule has 0 amide bonds. The third kappa shape index (κ3) is 2.95. The molecule has 3 aromatic heterocycles. The average molecular weight is 358 g/mol. The average Bonchev–Trinajstić information content (AvgIpc) is 2.92. The monoisotopic (exact) mass is 358 g/mol. The number of anilines is 1. The Bertz CT molecular complexity index is 1070. The Morgan fingerprint density at radius 3 is 2.59 bits per heavy atom. The van der Waals surface area contributed by atoms with Crippen LogP contribution in [0.1, 0.15) is 33.8 Å². The van der Waals surface area contributed by atoms with Gasteiger partial charge < -0.3 is 4.90 Å². The minimum absolute atomic E-state index is 0.597. The molecule has 6 nitrogen and oxygen atoms in total. The SMILES string of the molecule is Cc1cc(C#N)cnc1N1CCc2ncc(-c3c(C)nn(C)c3C)cc2C1. The highest BCUT2D eigenvalue weighted by Crippen LogP contribution is 2.30. The van der Waals surface area contributed by atoms with E-state index in [1.165, 1.54) is 5.56 Å². The van der Waals surface area contributed by atoms with E-state index in [1.54, 1.807) is 6.20 Å². The van der Waals surface area contributed by atoms with Crippen LogP contribution in [0.5, 0.6) is 0 Å². The lowest BCUT2D eigenvalue weighted by Crippen LogP contribution is -2.32. The predicted molar refractivity (Wildman–Crippen MR) is 104 cm³/mol. The lowest BCUT2D eigenvalue weighted by molar-refractivity contribution is 0.701. The Morgan fingerprint density at radius 2 is 1.93 bits per heavy atom. The molecule has 0 radical (unpaired) electrons. The summed E-state index contributed by atoms with van der Waals surface area (Å²) in [6.45, 7) is 7.79. The van der Waals surface area contributed by atoms with Gasteiger partial charge in [0, 0.05) is 61.5 Å². The third-order valence-electron chi connectivity index (χ3n) is 5.32. The highest BCUT2D eigenvalue weighted by atomic mass is 15.3. The van der Waals surface area contributed by atoms with Gasteiger partial charge in [-0.05, 0) is 44.0 Å². The number of aromatic nitrogens is 4. The molecular formula is C21H22N6. The molecule has 4 rings (SSSR count). The van der Waals surface area contributed by atoms with Crippen molar-refractivity contribution < 1.29 is 0 Å². The Morgan fingerprint density at radius 1 is 1.11 bits per heavy atom. The van der Waals surface area contributed by atoms with E-state index in [0.717, 1.165) is 59.1 Å². The highest BCUT2D eigenvalue weighted by molar-refractivity contribution is 5.69. The smallest absolute Gasteiger partial charge is 0.131 e. The molecule has 0 aliphatic carbocycles. The maximum Gasteiger partial charge on any atom is 0.131 e. The van der Waals surface area contributed by atoms with Gasteiger partial charge in [0.2, 0.25) is 0 Å². The zero-order valence-electron chi connectivity index (χ0n) is 16.1. The molecule has 0 saturated heterocycles. The van der Waals surface area contributed by atoms with Crippen molar-refractivity contribution in [2.24, 2.45) is 7.05 Å². The van der Waals surface area contributed by atoms with Crippen molar-refractivity contribution in [1.29, 1.82) is 5.26 Å². The molecule has 3 aromatic rings. The van der Waals surface area contributed by atoms with E-state index in [9.17, 15) is 0 Å². The lowest BCUT2D eigenvalue weighted by Gasteiger charge is -2.30. The number of rotatable bonds is 2. The molecule has 0 spiro atoms. The van der Waals surface area contributed by atoms with Gasteiger partial charge in [0.05, 0.1) is 11.3 Å². The molecule has 136 valence electrons. The Hall–Kier alpha value is -3.20. The van der Waals surface area contributed by atoms with E-state index in [2.05, 4.69) is 34.0 Å². The summed E-state index contributed by atoms with van der Waals surface area (Å²) in [4.78, 5) is 11.5. The van der Waals surface area contributed by atoms with Crippen LogP contribution in [-0.2, 0) is 20.0 Å². The molecule has 27 heavy (non-hydrogen) atoms. The molecule has 1 aliphatic heterocycles. The van der Waals surface area contributed by atoms with Gasteiger partial charge in [-0.2, -0.15) is 10.4 Å². The summed E-state index contributed by atoms with van der Waals surface area (Å²) in [7, 11) is 1.97. The first-order valence-corrected chi connectivity index (χ1v) is 9.08. The normalized spacial score (nSPS) is 13.4. The van der Waals surface area contributed by atoms with Gasteiger partial charge in [-0.3, -0.25) is 9.67 Å². The minimum atomic E-state index is 0.597. The lowest BCUT2D eigenvalue weighted by atomic mass is 9.99. The predicted octanol–water partition coefficient (Wildman–Crippen LogP) is 3.24. The summed E-state index contributed by atoms with van der Waals surface area (Å²) in [6, 6.07) is 6.29. The molecular weight excluding hydrogens is 336 g/mol. The number of aryl methyl sites for hydroxylation is 3. The second kappa shape index (κ2) is 6.51. The van der Waals surface area contributed by atoms with Gasteiger partial charge in [-0.25, -0.2) is 4.98 Å². The molecule has 6 heteroatoms. The van der Waals surface area contributed by atoms with Crippen LogP contribution in [0, 0.1) is 32.1 Å². The van der Waals surface area contributed by atoms with Crippen molar-refractivity contribution in [3.63, 3.8) is 0 Å². The van der Waals surface area contributed by atoms with Crippen molar-refractivity contribution in [3.05, 3.63) is 58.3 Å². The summed E-state index contributed by atoms with van der Waals surface area (Å²) in [5.74, 6) is 0.943. The molecule has 0 fully saturated rings. The standard InChI is InChI=1S/C21H22N6/c1-13-7-16(9-22)10-24-21(13)27-6-5-19-18(12-27)8-17(11-23-19)20-14(2)25-26(4)15(20)3/h7-8,10-11H,5-6,12H2,1-4H3. The van der Waals surface area contributed by atoms with Crippen LogP contribution in [-0.4, -0.2) is 26.3 Å². The zero-order chi connectivity index (χ0) is 19.1. The summed E-state index contributed by atoms with van der Waals surface area (Å²) < 4.78 is 1.92. The number of fused-ring (bicyclic) bond motifs is 1. The van der Waals surface area contributed by atoms with Gasteiger partial charge in [-0.1, -0.05) is 0 Å². The van der Waals surface area contributed by atoms with Gasteiger partial charge in [-0.15, -0.1) is 0 Å². The van der Waals surface area contributed by atoms with E-state index in [0.29, 0.717) is 5.56 Å². The molecule has 4 heterocycles. The number of nitriles is 1. The second-order valence-electron chi connectivity index (χ2n) is 7.15. The fourth-order valence-electron chi connectivity index (χ4n) is 3.89. The van der Waals surface area contributed by atoms with Gasteiger partial charge in [0.15, 0.2) is 0 Å². The van der Waals surface area contributed by atoms with E-state index in [-0.39, 0.29) is 0 Å². The summed E-state index contributed by atoms with van der Waals surface area (Å²) in [5.41, 5.74) is 8.45. The van der Waals surface area contributed by atoms with E-state index in [4.69, 9.17) is 10.2 Å². The number of pyridine rings is 2. The van der Waals surface area contributed by atoms with Gasteiger partial charge in [0.25, 0.3) is 0 Å². The fraction of sp³-hybridized carbons (Fsp3) is 0.333. The van der Waals surface area contributed by atoms with Crippen LogP contribution in [0.4, 0.5) is 5.82 Å². The van der Waals surface area contributed by atoms with Crippen molar-refractivity contribution in [2.45, 2.75) is 33.7 Å². The zero-order valence-corrected chi connectivity index (χ0v) is 16.1. The first-order valence-electron chi connectivity index (χ1n) is 9.08. The Balaban J connectivity index is 1.69. The van der Waals surface area contributed by atoms with Crippen LogP contribution >= 0.6 is 0 Å². The third-order valence-corrected chi connectivity index (χ3v) is 5.32. The second-order valence-corrected chi connectivity index (χ2v) is 7.15. The van der Waals surface area contributed by atoms with Crippen LogP contribution < -0.4 is 4.90 Å². The Kier molecular flexibility index (Phi) is 4.15. The van der Waals surface area contributed by atoms with E-state index < -0.39 is 0 Å².